The van der Waals surface area contributed by atoms with Crippen molar-refractivity contribution in [2.24, 2.45) is 5.73 Å². The van der Waals surface area contributed by atoms with Gasteiger partial charge in [0.1, 0.15) is 0 Å². The molecule has 8 heteroatoms. The quantitative estimate of drug-likeness (QED) is 0.905. The van der Waals surface area contributed by atoms with Crippen LogP contribution in [0.2, 0.25) is 5.02 Å². The number of rotatable bonds is 4. The number of morpholine rings is 1. The molecular formula is C13H16ClN5O2. The molecule has 0 aromatic carbocycles. The molecule has 1 aliphatic rings. The molecule has 0 amide bonds. The van der Waals surface area contributed by atoms with Gasteiger partial charge in [0.05, 0.1) is 29.8 Å². The number of ether oxygens (including phenoxy) is 1. The minimum Gasteiger partial charge on any atom is -0.379 e. The Labute approximate surface area is 127 Å². The van der Waals surface area contributed by atoms with Crippen molar-refractivity contribution in [1.82, 2.24) is 20.0 Å². The second kappa shape index (κ2) is 6.48. The van der Waals surface area contributed by atoms with Crippen LogP contribution in [0.5, 0.6) is 0 Å². The molecule has 7 nitrogen and oxygen atoms in total. The Morgan fingerprint density at radius 1 is 1.38 bits per heavy atom. The van der Waals surface area contributed by atoms with E-state index in [4.69, 9.17) is 26.6 Å². The third-order valence-corrected chi connectivity index (χ3v) is 3.64. The van der Waals surface area contributed by atoms with E-state index < -0.39 is 0 Å². The number of aromatic nitrogens is 3. The van der Waals surface area contributed by atoms with Gasteiger partial charge in [0, 0.05) is 32.0 Å². The Bertz CT molecular complexity index is 600. The van der Waals surface area contributed by atoms with E-state index in [1.165, 1.54) is 6.20 Å². The Kier molecular flexibility index (Phi) is 4.45. The minimum atomic E-state index is -0.304. The number of hydrogen-bond acceptors (Lipinski definition) is 7. The molecule has 112 valence electrons. The molecule has 1 saturated heterocycles. The van der Waals surface area contributed by atoms with Gasteiger partial charge in [0.25, 0.3) is 5.89 Å². The lowest BCUT2D eigenvalue weighted by molar-refractivity contribution is 0.0348. The maximum absolute atomic E-state index is 6.14. The molecule has 2 aromatic heterocycles. The van der Waals surface area contributed by atoms with E-state index in [0.29, 0.717) is 28.8 Å². The van der Waals surface area contributed by atoms with Gasteiger partial charge in [-0.25, -0.2) is 0 Å². The van der Waals surface area contributed by atoms with Crippen LogP contribution in [0, 0.1) is 0 Å². The standard InChI is InChI=1S/C13H16ClN5O2/c14-10-7-16-2-1-9(10)13-17-12(18-21-13)11(15)8-19-3-5-20-6-4-19/h1-2,7,11H,3-6,8,15H2. The largest absolute Gasteiger partial charge is 0.379 e. The van der Waals surface area contributed by atoms with Crippen molar-refractivity contribution in [3.05, 3.63) is 29.3 Å². The summed E-state index contributed by atoms with van der Waals surface area (Å²) in [4.78, 5) is 10.5. The molecule has 1 aliphatic heterocycles. The van der Waals surface area contributed by atoms with Gasteiger partial charge in [-0.15, -0.1) is 0 Å². The maximum atomic E-state index is 6.14. The van der Waals surface area contributed by atoms with E-state index in [-0.39, 0.29) is 6.04 Å². The van der Waals surface area contributed by atoms with Gasteiger partial charge in [0.15, 0.2) is 5.82 Å². The van der Waals surface area contributed by atoms with E-state index in [1.807, 2.05) is 0 Å². The molecule has 0 saturated carbocycles. The van der Waals surface area contributed by atoms with Crippen LogP contribution in [0.1, 0.15) is 11.9 Å². The number of nitrogens with two attached hydrogens (primary N) is 1. The first-order chi connectivity index (χ1) is 10.2. The first-order valence-corrected chi connectivity index (χ1v) is 7.11. The first kappa shape index (κ1) is 14.4. The van der Waals surface area contributed by atoms with E-state index in [2.05, 4.69) is 20.0 Å². The van der Waals surface area contributed by atoms with Crippen molar-refractivity contribution < 1.29 is 9.26 Å². The second-order valence-electron chi connectivity index (χ2n) is 4.83. The van der Waals surface area contributed by atoms with Gasteiger partial charge in [-0.2, -0.15) is 4.98 Å². The molecular weight excluding hydrogens is 294 g/mol. The van der Waals surface area contributed by atoms with Crippen LogP contribution in [0.3, 0.4) is 0 Å². The van der Waals surface area contributed by atoms with Crippen molar-refractivity contribution in [1.29, 1.82) is 0 Å². The van der Waals surface area contributed by atoms with Gasteiger partial charge in [-0.05, 0) is 6.07 Å². The normalized spacial score (nSPS) is 17.8. The van der Waals surface area contributed by atoms with Gasteiger partial charge in [-0.1, -0.05) is 16.8 Å². The lowest BCUT2D eigenvalue weighted by Gasteiger charge is -2.27. The molecule has 2 N–H and O–H groups in total. The number of pyridine rings is 1. The van der Waals surface area contributed by atoms with E-state index in [9.17, 15) is 0 Å². The summed E-state index contributed by atoms with van der Waals surface area (Å²) in [6.45, 7) is 3.88. The highest BCUT2D eigenvalue weighted by Gasteiger charge is 2.20. The SMILES string of the molecule is NC(CN1CCOCC1)c1noc(-c2ccncc2Cl)n1. The summed E-state index contributed by atoms with van der Waals surface area (Å²) < 4.78 is 10.6. The van der Waals surface area contributed by atoms with Gasteiger partial charge >= 0.3 is 0 Å². The highest BCUT2D eigenvalue weighted by molar-refractivity contribution is 6.32. The van der Waals surface area contributed by atoms with Gasteiger partial charge in [-0.3, -0.25) is 9.88 Å². The number of halogens is 1. The molecule has 3 heterocycles. The predicted octanol–water partition coefficient (Wildman–Crippen LogP) is 1.12. The van der Waals surface area contributed by atoms with E-state index in [0.717, 1.165) is 26.3 Å². The van der Waals surface area contributed by atoms with Gasteiger partial charge < -0.3 is 15.0 Å². The molecule has 0 spiro atoms. The van der Waals surface area contributed by atoms with E-state index in [1.54, 1.807) is 12.3 Å². The molecule has 3 rings (SSSR count). The van der Waals surface area contributed by atoms with E-state index >= 15 is 0 Å². The lowest BCUT2D eigenvalue weighted by Crippen LogP contribution is -2.40. The predicted molar refractivity (Wildman–Crippen MR) is 76.7 cm³/mol. The topological polar surface area (TPSA) is 90.3 Å². The Hall–Kier alpha value is -1.54. The summed E-state index contributed by atoms with van der Waals surface area (Å²) >= 11 is 6.06. The van der Waals surface area contributed by atoms with Crippen molar-refractivity contribution in [2.45, 2.75) is 6.04 Å². The van der Waals surface area contributed by atoms with Crippen LogP contribution in [0.25, 0.3) is 11.5 Å². The minimum absolute atomic E-state index is 0.304. The molecule has 2 aromatic rings. The highest BCUT2D eigenvalue weighted by Crippen LogP contribution is 2.25. The summed E-state index contributed by atoms with van der Waals surface area (Å²) in [5.41, 5.74) is 6.80. The molecule has 1 atom stereocenters. The average molecular weight is 310 g/mol. The van der Waals surface area contributed by atoms with Crippen LogP contribution in [0.4, 0.5) is 0 Å². The summed E-state index contributed by atoms with van der Waals surface area (Å²) in [6, 6.07) is 1.42. The Balaban J connectivity index is 1.71. The van der Waals surface area contributed by atoms with Crippen molar-refractivity contribution in [2.75, 3.05) is 32.8 Å². The van der Waals surface area contributed by atoms with Crippen molar-refractivity contribution >= 4 is 11.6 Å². The van der Waals surface area contributed by atoms with Crippen molar-refractivity contribution in [3.8, 4) is 11.5 Å². The third kappa shape index (κ3) is 3.38. The number of nitrogens with zero attached hydrogens (tertiary/aromatic N) is 4. The Morgan fingerprint density at radius 2 is 2.19 bits per heavy atom. The maximum Gasteiger partial charge on any atom is 0.259 e. The monoisotopic (exact) mass is 309 g/mol. The fraction of sp³-hybridized carbons (Fsp3) is 0.462. The van der Waals surface area contributed by atoms with Crippen LogP contribution in [-0.4, -0.2) is 52.9 Å². The zero-order chi connectivity index (χ0) is 14.7. The molecule has 21 heavy (non-hydrogen) atoms. The highest BCUT2D eigenvalue weighted by atomic mass is 35.5. The van der Waals surface area contributed by atoms with Crippen LogP contribution in [-0.2, 0) is 4.74 Å². The molecule has 0 bridgehead atoms. The summed E-state index contributed by atoms with van der Waals surface area (Å²) in [7, 11) is 0. The van der Waals surface area contributed by atoms with Crippen LogP contribution >= 0.6 is 11.6 Å². The molecule has 1 fully saturated rings. The zero-order valence-electron chi connectivity index (χ0n) is 11.4. The zero-order valence-corrected chi connectivity index (χ0v) is 12.2. The fourth-order valence-corrected chi connectivity index (χ4v) is 2.39. The summed E-state index contributed by atoms with van der Waals surface area (Å²) in [6.07, 6.45) is 3.16. The first-order valence-electron chi connectivity index (χ1n) is 6.73. The smallest absolute Gasteiger partial charge is 0.259 e. The van der Waals surface area contributed by atoms with Crippen molar-refractivity contribution in [3.63, 3.8) is 0 Å². The number of hydrogen-bond donors (Lipinski definition) is 1. The van der Waals surface area contributed by atoms with Crippen LogP contribution < -0.4 is 5.73 Å². The summed E-state index contributed by atoms with van der Waals surface area (Å²) in [5.74, 6) is 0.833. The lowest BCUT2D eigenvalue weighted by atomic mass is 10.2. The fourth-order valence-electron chi connectivity index (χ4n) is 2.19. The average Bonchev–Trinajstić information content (AvgIpc) is 2.98. The third-order valence-electron chi connectivity index (χ3n) is 3.33. The summed E-state index contributed by atoms with van der Waals surface area (Å²) in [5, 5.41) is 4.42. The molecule has 0 radical (unpaired) electrons. The Morgan fingerprint density at radius 3 is 2.95 bits per heavy atom. The molecule has 0 aliphatic carbocycles. The second-order valence-corrected chi connectivity index (χ2v) is 5.24. The van der Waals surface area contributed by atoms with Crippen LogP contribution in [0.15, 0.2) is 23.0 Å². The molecule has 1 unspecified atom stereocenters. The van der Waals surface area contributed by atoms with Gasteiger partial charge in [0.2, 0.25) is 0 Å².